The number of rotatable bonds is 2. The molecule has 0 fully saturated rings. The Labute approximate surface area is 129 Å². The summed E-state index contributed by atoms with van der Waals surface area (Å²) in [6, 6.07) is 7.58. The highest BCUT2D eigenvalue weighted by Crippen LogP contribution is 2.35. The predicted octanol–water partition coefficient (Wildman–Crippen LogP) is 4.83. The lowest BCUT2D eigenvalue weighted by atomic mass is 10.00. The first-order valence-electron chi connectivity index (χ1n) is 5.84. The Bertz CT molecular complexity index is 581. The fourth-order valence-corrected chi connectivity index (χ4v) is 3.32. The molecule has 0 saturated carbocycles. The van der Waals surface area contributed by atoms with Crippen LogP contribution in [-0.2, 0) is 6.42 Å². The van der Waals surface area contributed by atoms with Crippen molar-refractivity contribution < 1.29 is 10.2 Å². The van der Waals surface area contributed by atoms with Gasteiger partial charge in [0, 0.05) is 6.42 Å². The Morgan fingerprint density at radius 3 is 1.53 bits per heavy atom. The number of phenolic OH excluding ortho intramolecular Hbond substituents is 2. The van der Waals surface area contributed by atoms with E-state index < -0.39 is 0 Å². The topological polar surface area (TPSA) is 40.5 Å². The van der Waals surface area contributed by atoms with Gasteiger partial charge in [0.2, 0.25) is 0 Å². The summed E-state index contributed by atoms with van der Waals surface area (Å²) in [5.41, 5.74) is 3.70. The molecular formula is C15H14Br2O2. The molecule has 2 nitrogen and oxygen atoms in total. The summed E-state index contributed by atoms with van der Waals surface area (Å²) >= 11 is 6.67. The summed E-state index contributed by atoms with van der Waals surface area (Å²) in [7, 11) is 0. The molecule has 0 bridgehead atoms. The standard InChI is InChI=1S/C15H14Br2O2/c1-8-3-10(14(18)12(16)5-8)7-11-4-9(2)6-13(17)15(11)19/h3-6,18-19H,7H2,1-2H3. The summed E-state index contributed by atoms with van der Waals surface area (Å²) in [5, 5.41) is 20.1. The monoisotopic (exact) mass is 384 g/mol. The Morgan fingerprint density at radius 1 is 0.789 bits per heavy atom. The van der Waals surface area contributed by atoms with Crippen LogP contribution in [0.15, 0.2) is 33.2 Å². The molecule has 0 spiro atoms. The molecule has 0 amide bonds. The Kier molecular flexibility index (Phi) is 4.21. The van der Waals surface area contributed by atoms with E-state index in [1.165, 1.54) is 0 Å². The van der Waals surface area contributed by atoms with Gasteiger partial charge in [-0.15, -0.1) is 0 Å². The third-order valence-electron chi connectivity index (χ3n) is 2.95. The molecule has 19 heavy (non-hydrogen) atoms. The highest BCUT2D eigenvalue weighted by molar-refractivity contribution is 9.10. The average molecular weight is 386 g/mol. The normalized spacial score (nSPS) is 10.7. The number of phenols is 2. The van der Waals surface area contributed by atoms with Crippen molar-refractivity contribution in [2.45, 2.75) is 20.3 Å². The molecular weight excluding hydrogens is 372 g/mol. The van der Waals surface area contributed by atoms with Crippen LogP contribution in [0.4, 0.5) is 0 Å². The van der Waals surface area contributed by atoms with E-state index >= 15 is 0 Å². The van der Waals surface area contributed by atoms with E-state index in [0.29, 0.717) is 15.4 Å². The van der Waals surface area contributed by atoms with Crippen LogP contribution in [0.1, 0.15) is 22.3 Å². The number of aryl methyl sites for hydroxylation is 2. The van der Waals surface area contributed by atoms with Gasteiger partial charge in [0.1, 0.15) is 11.5 Å². The van der Waals surface area contributed by atoms with E-state index in [2.05, 4.69) is 31.9 Å². The lowest BCUT2D eigenvalue weighted by molar-refractivity contribution is 0.459. The minimum Gasteiger partial charge on any atom is -0.506 e. The van der Waals surface area contributed by atoms with Gasteiger partial charge in [-0.05, 0) is 80.1 Å². The lowest BCUT2D eigenvalue weighted by Gasteiger charge is -2.11. The number of aromatic hydroxyl groups is 2. The van der Waals surface area contributed by atoms with Crippen molar-refractivity contribution in [1.82, 2.24) is 0 Å². The van der Waals surface area contributed by atoms with Crippen LogP contribution in [0.3, 0.4) is 0 Å². The Balaban J connectivity index is 2.47. The molecule has 0 atom stereocenters. The minimum atomic E-state index is 0.225. The number of hydrogen-bond donors (Lipinski definition) is 2. The molecule has 2 aromatic rings. The molecule has 2 N–H and O–H groups in total. The van der Waals surface area contributed by atoms with Crippen LogP contribution in [0, 0.1) is 13.8 Å². The zero-order chi connectivity index (χ0) is 14.2. The quantitative estimate of drug-likeness (QED) is 0.777. The van der Waals surface area contributed by atoms with Crippen molar-refractivity contribution in [3.05, 3.63) is 55.5 Å². The first-order chi connectivity index (χ1) is 8.88. The van der Waals surface area contributed by atoms with Crippen LogP contribution >= 0.6 is 31.9 Å². The summed E-state index contributed by atoms with van der Waals surface area (Å²) in [6.45, 7) is 3.94. The number of halogens is 2. The number of benzene rings is 2. The van der Waals surface area contributed by atoms with Gasteiger partial charge in [0.25, 0.3) is 0 Å². The van der Waals surface area contributed by atoms with E-state index in [1.807, 2.05) is 38.1 Å². The molecule has 0 saturated heterocycles. The van der Waals surface area contributed by atoms with Crippen LogP contribution in [0.2, 0.25) is 0 Å². The van der Waals surface area contributed by atoms with Gasteiger partial charge in [0.15, 0.2) is 0 Å². The van der Waals surface area contributed by atoms with E-state index in [-0.39, 0.29) is 11.5 Å². The molecule has 0 unspecified atom stereocenters. The molecule has 100 valence electrons. The Morgan fingerprint density at radius 2 is 1.16 bits per heavy atom. The minimum absolute atomic E-state index is 0.225. The van der Waals surface area contributed by atoms with Gasteiger partial charge in [-0.2, -0.15) is 0 Å². The van der Waals surface area contributed by atoms with Crippen molar-refractivity contribution in [1.29, 1.82) is 0 Å². The van der Waals surface area contributed by atoms with Crippen LogP contribution in [0.25, 0.3) is 0 Å². The Hall–Kier alpha value is -1.00. The second kappa shape index (κ2) is 5.55. The smallest absolute Gasteiger partial charge is 0.133 e. The summed E-state index contributed by atoms with van der Waals surface area (Å²) < 4.78 is 1.35. The highest BCUT2D eigenvalue weighted by atomic mass is 79.9. The number of hydrogen-bond acceptors (Lipinski definition) is 2. The lowest BCUT2D eigenvalue weighted by Crippen LogP contribution is -1.93. The fourth-order valence-electron chi connectivity index (χ4n) is 2.09. The van der Waals surface area contributed by atoms with Gasteiger partial charge < -0.3 is 10.2 Å². The van der Waals surface area contributed by atoms with E-state index in [9.17, 15) is 10.2 Å². The first-order valence-corrected chi connectivity index (χ1v) is 7.43. The SMILES string of the molecule is Cc1cc(Br)c(O)c(Cc2cc(C)cc(Br)c2O)c1. The maximum absolute atomic E-state index is 10.1. The van der Waals surface area contributed by atoms with E-state index in [1.54, 1.807) is 0 Å². The highest BCUT2D eigenvalue weighted by Gasteiger charge is 2.12. The largest absolute Gasteiger partial charge is 0.506 e. The zero-order valence-corrected chi connectivity index (χ0v) is 13.8. The molecule has 0 heterocycles. The van der Waals surface area contributed by atoms with Gasteiger partial charge in [-0.1, -0.05) is 12.1 Å². The summed E-state index contributed by atoms with van der Waals surface area (Å²) in [6.07, 6.45) is 0.484. The fraction of sp³-hybridized carbons (Fsp3) is 0.200. The molecule has 2 aromatic carbocycles. The van der Waals surface area contributed by atoms with Crippen LogP contribution < -0.4 is 0 Å². The maximum atomic E-state index is 10.1. The first kappa shape index (κ1) is 14.4. The van der Waals surface area contributed by atoms with Crippen molar-refractivity contribution in [2.75, 3.05) is 0 Å². The second-order valence-electron chi connectivity index (χ2n) is 4.69. The second-order valence-corrected chi connectivity index (χ2v) is 6.39. The van der Waals surface area contributed by atoms with Gasteiger partial charge >= 0.3 is 0 Å². The van der Waals surface area contributed by atoms with Gasteiger partial charge in [0.05, 0.1) is 8.95 Å². The van der Waals surface area contributed by atoms with E-state index in [0.717, 1.165) is 22.3 Å². The molecule has 0 aliphatic heterocycles. The molecule has 0 aliphatic rings. The third kappa shape index (κ3) is 3.12. The van der Waals surface area contributed by atoms with Crippen molar-refractivity contribution in [3.8, 4) is 11.5 Å². The average Bonchev–Trinajstić information content (AvgIpc) is 2.31. The molecule has 4 heteroatoms. The van der Waals surface area contributed by atoms with Crippen molar-refractivity contribution >= 4 is 31.9 Å². The zero-order valence-electron chi connectivity index (χ0n) is 10.7. The molecule has 0 aromatic heterocycles. The summed E-state index contributed by atoms with van der Waals surface area (Å²) in [4.78, 5) is 0. The third-order valence-corrected chi connectivity index (χ3v) is 4.16. The maximum Gasteiger partial charge on any atom is 0.133 e. The van der Waals surface area contributed by atoms with Crippen LogP contribution in [-0.4, -0.2) is 10.2 Å². The molecule has 2 rings (SSSR count). The van der Waals surface area contributed by atoms with Crippen molar-refractivity contribution in [3.63, 3.8) is 0 Å². The van der Waals surface area contributed by atoms with E-state index in [4.69, 9.17) is 0 Å². The van der Waals surface area contributed by atoms with Crippen molar-refractivity contribution in [2.24, 2.45) is 0 Å². The van der Waals surface area contributed by atoms with Gasteiger partial charge in [-0.3, -0.25) is 0 Å². The molecule has 0 aliphatic carbocycles. The summed E-state index contributed by atoms with van der Waals surface area (Å²) in [5.74, 6) is 0.449. The van der Waals surface area contributed by atoms with Gasteiger partial charge in [-0.25, -0.2) is 0 Å². The van der Waals surface area contributed by atoms with Crippen LogP contribution in [0.5, 0.6) is 11.5 Å². The molecule has 0 radical (unpaired) electrons. The predicted molar refractivity (Wildman–Crippen MR) is 83.9 cm³/mol.